The number of sulfone groups is 2. The van der Waals surface area contributed by atoms with Gasteiger partial charge in [0.15, 0.2) is 0 Å². The number of aromatic nitrogens is 1. The summed E-state index contributed by atoms with van der Waals surface area (Å²) in [7, 11) is -7.29. The van der Waals surface area contributed by atoms with E-state index in [-0.39, 0.29) is 14.7 Å². The molecule has 2 spiro atoms. The average Bonchev–Trinajstić information content (AvgIpc) is 1.44. The van der Waals surface area contributed by atoms with Gasteiger partial charge in [0.05, 0.1) is 58.7 Å². The number of para-hydroxylation sites is 1. The van der Waals surface area contributed by atoms with Crippen LogP contribution >= 0.6 is 45.3 Å². The van der Waals surface area contributed by atoms with Gasteiger partial charge in [-0.2, -0.15) is 0 Å². The van der Waals surface area contributed by atoms with Gasteiger partial charge in [0.25, 0.3) is 0 Å². The Bertz CT molecular complexity index is 5510. The predicted octanol–water partition coefficient (Wildman–Crippen LogP) is 20.4. The van der Waals surface area contributed by atoms with E-state index >= 15 is 0 Å². The lowest BCUT2D eigenvalue weighted by atomic mass is 9.64. The minimum Gasteiger partial charge on any atom is -0.310 e. The Morgan fingerprint density at radius 1 is 0.289 bits per heavy atom. The number of nitrogens with zero attached hydrogens (tertiary/aromatic N) is 3. The van der Waals surface area contributed by atoms with Crippen molar-refractivity contribution in [3.63, 3.8) is 0 Å². The molecule has 0 atom stereocenters. The Balaban J connectivity index is 0.000000134. The summed E-state index contributed by atoms with van der Waals surface area (Å²) >= 11 is 7.26. The maximum absolute atomic E-state index is 13.6. The quantitative estimate of drug-likeness (QED) is 0.164. The van der Waals surface area contributed by atoms with Crippen LogP contribution in [-0.2, 0) is 30.5 Å². The second kappa shape index (κ2) is 20.0. The van der Waals surface area contributed by atoms with E-state index in [9.17, 15) is 16.8 Å². The Morgan fingerprint density at radius 3 is 1.09 bits per heavy atom. The van der Waals surface area contributed by atoms with Gasteiger partial charge in [-0.15, -0.1) is 45.3 Å². The molecule has 0 bridgehead atoms. The van der Waals surface area contributed by atoms with Gasteiger partial charge in [0, 0.05) is 42.5 Å². The fourth-order valence-corrected chi connectivity index (χ4v) is 21.5. The Labute approximate surface area is 535 Å². The number of anilines is 6. The van der Waals surface area contributed by atoms with E-state index in [1.165, 1.54) is 74.8 Å². The highest BCUT2D eigenvalue weighted by atomic mass is 32.2. The second-order valence-electron chi connectivity index (χ2n) is 23.0. The molecule has 5 aromatic heterocycles. The van der Waals surface area contributed by atoms with Crippen molar-refractivity contribution in [2.24, 2.45) is 0 Å². The molecule has 15 aromatic rings. The first-order valence-electron chi connectivity index (χ1n) is 29.4. The minimum absolute atomic E-state index is 0.270. The zero-order chi connectivity index (χ0) is 60.1. The molecule has 10 aromatic carbocycles. The molecule has 0 amide bonds. The molecule has 4 aliphatic rings. The molecule has 2 aliphatic heterocycles. The van der Waals surface area contributed by atoms with E-state index < -0.39 is 30.5 Å². The highest BCUT2D eigenvalue weighted by molar-refractivity contribution is 7.91. The molecule has 0 saturated heterocycles. The van der Waals surface area contributed by atoms with Crippen LogP contribution in [0.5, 0.6) is 0 Å². The summed E-state index contributed by atoms with van der Waals surface area (Å²) in [6, 6.07) is 84.9. The second-order valence-corrected chi connectivity index (χ2v) is 30.5. The molecule has 0 radical (unpaired) electrons. The normalized spacial score (nSPS) is 14.3. The third-order valence-electron chi connectivity index (χ3n) is 18.5. The lowest BCUT2D eigenvalue weighted by Crippen LogP contribution is -2.36. The molecule has 19 rings (SSSR count). The molecule has 0 unspecified atom stereocenters. The highest BCUT2D eigenvalue weighted by Gasteiger charge is 2.55. The van der Waals surface area contributed by atoms with Gasteiger partial charge in [-0.1, -0.05) is 109 Å². The van der Waals surface area contributed by atoms with E-state index in [2.05, 4.69) is 171 Å². The molecular weight excluding hydrogens is 1220 g/mol. The molecule has 0 saturated carbocycles. The van der Waals surface area contributed by atoms with E-state index in [4.69, 9.17) is 4.98 Å². The number of benzene rings is 10. The van der Waals surface area contributed by atoms with Gasteiger partial charge in [-0.25, -0.2) is 16.8 Å². The third kappa shape index (κ3) is 7.50. The smallest absolute Gasteiger partial charge is 0.206 e. The van der Waals surface area contributed by atoms with Crippen molar-refractivity contribution < 1.29 is 16.8 Å². The Kier molecular flexibility index (Phi) is 11.9. The number of hydrogen-bond donors (Lipinski definition) is 0. The summed E-state index contributed by atoms with van der Waals surface area (Å²) in [5.74, 6) is 0. The first-order chi connectivity index (χ1) is 44.1. The lowest BCUT2D eigenvalue weighted by Gasteiger charge is -2.45. The van der Waals surface area contributed by atoms with Crippen LogP contribution in [0.1, 0.15) is 44.5 Å². The average molecular weight is 1270 g/mol. The Morgan fingerprint density at radius 2 is 0.633 bits per heavy atom. The zero-order valence-corrected chi connectivity index (χ0v) is 52.5. The van der Waals surface area contributed by atoms with Crippen molar-refractivity contribution in [1.29, 1.82) is 0 Å². The number of pyridine rings is 1. The molecule has 0 N–H and O–H groups in total. The molecule has 2 aliphatic carbocycles. The van der Waals surface area contributed by atoms with Gasteiger partial charge in [0.2, 0.25) is 19.7 Å². The SMILES string of the molecule is O=S(=O)(c1ccccc1)c1ccc(N2c3cc4ccccc4cc3C3(c4cc5ccccc5cc42)c2ccsc2-c2sccc23)cc1.O=S(=O)(c1ccccc1)c1ccc(N2c3ccccc3C3(c4cc5cccnc5cc42)c2ccsc2-c2sccc23)cc1. The standard InChI is InChI=1S/C41H25NO2S3.C36H22N2O2S3/c43-47(44,31-12-2-1-3-13-31)32-16-14-30(15-17-32)42-37-24-28-10-6-4-8-26(28)22-35(37)41(33-18-20-45-39(33)40-34(41)19-21-46-40)36-23-27-9-5-7-11-29(27)25-38(36)42;39-43(40,25-8-2-1-3-9-25)26-14-12-24(13-15-26)38-32-11-5-4-10-27(32)36(28-16-19-41-34(28)35-29(36)17-20-42-35)30-21-23-7-6-18-37-31(23)22-33(30)38/h1-25H;1-22H. The topological polar surface area (TPSA) is 87.7 Å². The summed E-state index contributed by atoms with van der Waals surface area (Å²) in [6.07, 6.45) is 1.83. The lowest BCUT2D eigenvalue weighted by molar-refractivity contribution is 0.594. The predicted molar refractivity (Wildman–Crippen MR) is 370 cm³/mol. The molecule has 0 fully saturated rings. The van der Waals surface area contributed by atoms with Crippen molar-refractivity contribution in [2.75, 3.05) is 9.80 Å². The van der Waals surface area contributed by atoms with Crippen LogP contribution in [0.4, 0.5) is 34.1 Å². The van der Waals surface area contributed by atoms with Crippen LogP contribution in [0.25, 0.3) is 52.0 Å². The van der Waals surface area contributed by atoms with Crippen LogP contribution < -0.4 is 9.80 Å². The van der Waals surface area contributed by atoms with Crippen molar-refractivity contribution in [2.45, 2.75) is 30.4 Å². The first-order valence-corrected chi connectivity index (χ1v) is 35.9. The van der Waals surface area contributed by atoms with Crippen molar-refractivity contribution in [3.8, 4) is 19.5 Å². The number of rotatable bonds is 6. The van der Waals surface area contributed by atoms with Crippen LogP contribution in [0, 0.1) is 0 Å². The number of hydrogen-bond acceptors (Lipinski definition) is 11. The molecule has 13 heteroatoms. The van der Waals surface area contributed by atoms with Crippen LogP contribution in [0.3, 0.4) is 0 Å². The molecular formula is C77H47N3O4S6. The third-order valence-corrected chi connectivity index (χ3v) is 26.1. The van der Waals surface area contributed by atoms with E-state index in [0.29, 0.717) is 4.90 Å². The van der Waals surface area contributed by atoms with E-state index in [0.717, 1.165) is 55.8 Å². The Hall–Kier alpha value is -9.57. The summed E-state index contributed by atoms with van der Waals surface area (Å²) < 4.78 is 53.9. The summed E-state index contributed by atoms with van der Waals surface area (Å²) in [6.45, 7) is 0. The maximum Gasteiger partial charge on any atom is 0.206 e. The largest absolute Gasteiger partial charge is 0.310 e. The minimum atomic E-state index is -3.65. The summed E-state index contributed by atoms with van der Waals surface area (Å²) in [4.78, 5) is 15.8. The summed E-state index contributed by atoms with van der Waals surface area (Å²) in [5, 5.41) is 14.7. The number of thiophene rings is 4. The van der Waals surface area contributed by atoms with Crippen molar-refractivity contribution in [3.05, 3.63) is 327 Å². The molecule has 7 heterocycles. The molecule has 7 nitrogen and oxygen atoms in total. The van der Waals surface area contributed by atoms with Crippen molar-refractivity contribution >= 4 is 132 Å². The first kappa shape index (κ1) is 53.5. The van der Waals surface area contributed by atoms with Crippen LogP contribution in [0.2, 0.25) is 0 Å². The van der Waals surface area contributed by atoms with Gasteiger partial charge < -0.3 is 9.80 Å². The number of fused-ring (bicyclic) bond motifs is 21. The van der Waals surface area contributed by atoms with E-state index in [1.807, 2.05) is 71.3 Å². The van der Waals surface area contributed by atoms with Gasteiger partial charge in [-0.05, 0) is 233 Å². The van der Waals surface area contributed by atoms with Gasteiger partial charge in [-0.3, -0.25) is 4.98 Å². The van der Waals surface area contributed by atoms with Crippen LogP contribution in [-0.4, -0.2) is 21.8 Å². The van der Waals surface area contributed by atoms with Crippen LogP contribution in [0.15, 0.2) is 302 Å². The van der Waals surface area contributed by atoms with Gasteiger partial charge >= 0.3 is 0 Å². The fourth-order valence-electron chi connectivity index (χ4n) is 14.7. The molecule has 90 heavy (non-hydrogen) atoms. The fraction of sp³-hybridized carbons (Fsp3) is 0.0260. The summed E-state index contributed by atoms with van der Waals surface area (Å²) in [5.41, 5.74) is 16.3. The maximum atomic E-state index is 13.6. The monoisotopic (exact) mass is 1270 g/mol. The van der Waals surface area contributed by atoms with Gasteiger partial charge in [0.1, 0.15) is 0 Å². The highest BCUT2D eigenvalue weighted by Crippen LogP contribution is 2.68. The molecule has 430 valence electrons. The van der Waals surface area contributed by atoms with Crippen molar-refractivity contribution in [1.82, 2.24) is 4.98 Å². The van der Waals surface area contributed by atoms with E-state index in [1.54, 1.807) is 95.5 Å². The zero-order valence-electron chi connectivity index (χ0n) is 47.6.